The summed E-state index contributed by atoms with van der Waals surface area (Å²) in [6.07, 6.45) is 1.15. The SMILES string of the molecule is CC(C)CN1CCC2(CC1)NC(=O)N(C(C)C(=O)Nc1ccccc1)C2=O. The molecule has 2 aliphatic rings. The van der Waals surface area contributed by atoms with E-state index >= 15 is 0 Å². The number of hydrogen-bond acceptors (Lipinski definition) is 4. The number of amides is 4. The number of imide groups is 1. The van der Waals surface area contributed by atoms with E-state index in [1.54, 1.807) is 19.1 Å². The van der Waals surface area contributed by atoms with E-state index in [2.05, 4.69) is 29.4 Å². The fraction of sp³-hybridized carbons (Fsp3) is 0.550. The molecule has 2 fully saturated rings. The molecule has 2 N–H and O–H groups in total. The molecule has 0 aromatic heterocycles. The molecule has 0 saturated carbocycles. The Morgan fingerprint density at radius 2 is 1.78 bits per heavy atom. The molecule has 1 aromatic rings. The summed E-state index contributed by atoms with van der Waals surface area (Å²) in [4.78, 5) is 41.5. The van der Waals surface area contributed by atoms with E-state index < -0.39 is 17.6 Å². The number of anilines is 1. The quantitative estimate of drug-likeness (QED) is 0.775. The second-order valence-electron chi connectivity index (χ2n) is 7.91. The number of para-hydroxylation sites is 1. The Morgan fingerprint density at radius 1 is 1.15 bits per heavy atom. The lowest BCUT2D eigenvalue weighted by Gasteiger charge is -2.38. The van der Waals surface area contributed by atoms with Crippen molar-refractivity contribution in [2.45, 2.75) is 45.2 Å². The third kappa shape index (κ3) is 3.98. The van der Waals surface area contributed by atoms with Crippen LogP contribution in [0, 0.1) is 5.92 Å². The molecule has 2 aliphatic heterocycles. The van der Waals surface area contributed by atoms with Gasteiger partial charge < -0.3 is 15.5 Å². The van der Waals surface area contributed by atoms with Gasteiger partial charge in [0.1, 0.15) is 11.6 Å². The highest BCUT2D eigenvalue weighted by molar-refractivity contribution is 6.11. The molecule has 27 heavy (non-hydrogen) atoms. The van der Waals surface area contributed by atoms with Crippen molar-refractivity contribution in [3.8, 4) is 0 Å². The van der Waals surface area contributed by atoms with E-state index in [0.29, 0.717) is 24.4 Å². The maximum absolute atomic E-state index is 13.1. The Balaban J connectivity index is 1.66. The van der Waals surface area contributed by atoms with Crippen molar-refractivity contribution in [1.82, 2.24) is 15.1 Å². The van der Waals surface area contributed by atoms with Crippen LogP contribution >= 0.6 is 0 Å². The first kappa shape index (κ1) is 19.4. The van der Waals surface area contributed by atoms with Crippen molar-refractivity contribution in [2.24, 2.45) is 5.92 Å². The van der Waals surface area contributed by atoms with Crippen LogP contribution in [0.2, 0.25) is 0 Å². The largest absolute Gasteiger partial charge is 0.325 e. The summed E-state index contributed by atoms with van der Waals surface area (Å²) < 4.78 is 0. The molecule has 4 amide bonds. The first-order valence-corrected chi connectivity index (χ1v) is 9.56. The molecule has 1 atom stereocenters. The molecule has 2 saturated heterocycles. The Morgan fingerprint density at radius 3 is 2.37 bits per heavy atom. The summed E-state index contributed by atoms with van der Waals surface area (Å²) >= 11 is 0. The van der Waals surface area contributed by atoms with Gasteiger partial charge in [0, 0.05) is 25.3 Å². The fourth-order valence-corrected chi connectivity index (χ4v) is 3.85. The van der Waals surface area contributed by atoms with Crippen LogP contribution in [0.4, 0.5) is 10.5 Å². The molecule has 3 rings (SSSR count). The first-order valence-electron chi connectivity index (χ1n) is 9.56. The van der Waals surface area contributed by atoms with Gasteiger partial charge in [0.2, 0.25) is 5.91 Å². The van der Waals surface area contributed by atoms with Gasteiger partial charge >= 0.3 is 6.03 Å². The number of carbonyl (C=O) groups is 3. The van der Waals surface area contributed by atoms with E-state index in [0.717, 1.165) is 24.5 Å². The summed E-state index contributed by atoms with van der Waals surface area (Å²) in [5.41, 5.74) is -0.232. The van der Waals surface area contributed by atoms with Crippen LogP contribution in [-0.4, -0.2) is 58.9 Å². The number of rotatable bonds is 5. The Bertz CT molecular complexity index is 711. The molecular weight excluding hydrogens is 344 g/mol. The van der Waals surface area contributed by atoms with Crippen LogP contribution < -0.4 is 10.6 Å². The van der Waals surface area contributed by atoms with Gasteiger partial charge in [-0.05, 0) is 37.8 Å². The highest BCUT2D eigenvalue weighted by atomic mass is 16.2. The average Bonchev–Trinajstić information content (AvgIpc) is 2.87. The highest BCUT2D eigenvalue weighted by Gasteiger charge is 2.54. The zero-order valence-corrected chi connectivity index (χ0v) is 16.2. The zero-order chi connectivity index (χ0) is 19.6. The number of likely N-dealkylation sites (tertiary alicyclic amines) is 1. The Kier molecular flexibility index (Phi) is 5.51. The number of nitrogens with one attached hydrogen (secondary N) is 2. The van der Waals surface area contributed by atoms with Crippen molar-refractivity contribution in [1.29, 1.82) is 0 Å². The first-order chi connectivity index (χ1) is 12.8. The van der Waals surface area contributed by atoms with Crippen molar-refractivity contribution >= 4 is 23.5 Å². The topological polar surface area (TPSA) is 81.8 Å². The molecule has 1 unspecified atom stereocenters. The summed E-state index contributed by atoms with van der Waals surface area (Å²) in [6.45, 7) is 8.44. The molecule has 7 heteroatoms. The van der Waals surface area contributed by atoms with Gasteiger partial charge in [-0.3, -0.25) is 9.59 Å². The zero-order valence-electron chi connectivity index (χ0n) is 16.2. The number of nitrogens with zero attached hydrogens (tertiary/aromatic N) is 2. The van der Waals surface area contributed by atoms with Crippen molar-refractivity contribution < 1.29 is 14.4 Å². The number of urea groups is 1. The van der Waals surface area contributed by atoms with Crippen LogP contribution in [-0.2, 0) is 9.59 Å². The van der Waals surface area contributed by atoms with Gasteiger partial charge in [0.05, 0.1) is 0 Å². The summed E-state index contributed by atoms with van der Waals surface area (Å²) in [6, 6.07) is 7.66. The molecule has 146 valence electrons. The van der Waals surface area contributed by atoms with Crippen LogP contribution in [0.1, 0.15) is 33.6 Å². The lowest BCUT2D eigenvalue weighted by molar-refractivity contribution is -0.137. The number of carbonyl (C=O) groups excluding carboxylic acids is 3. The van der Waals surface area contributed by atoms with Gasteiger partial charge in [-0.15, -0.1) is 0 Å². The number of piperidine rings is 1. The maximum Gasteiger partial charge on any atom is 0.325 e. The predicted molar refractivity (Wildman–Crippen MR) is 103 cm³/mol. The third-order valence-corrected chi connectivity index (χ3v) is 5.33. The molecule has 7 nitrogen and oxygen atoms in total. The standard InChI is InChI=1S/C20H28N4O3/c1-14(2)13-23-11-9-20(10-12-23)18(26)24(19(27)22-20)15(3)17(25)21-16-7-5-4-6-8-16/h4-8,14-15H,9-13H2,1-3H3,(H,21,25)(H,22,27). The minimum atomic E-state index is -0.870. The number of hydrogen-bond donors (Lipinski definition) is 2. The van der Waals surface area contributed by atoms with E-state index in [1.807, 2.05) is 18.2 Å². The normalized spacial score (nSPS) is 20.8. The minimum absolute atomic E-state index is 0.285. The third-order valence-electron chi connectivity index (χ3n) is 5.33. The van der Waals surface area contributed by atoms with Gasteiger partial charge in [-0.2, -0.15) is 0 Å². The van der Waals surface area contributed by atoms with Gasteiger partial charge in [0.25, 0.3) is 5.91 Å². The second kappa shape index (κ2) is 7.68. The average molecular weight is 372 g/mol. The second-order valence-corrected chi connectivity index (χ2v) is 7.91. The molecule has 1 aromatic carbocycles. The summed E-state index contributed by atoms with van der Waals surface area (Å²) in [5, 5.41) is 5.63. The van der Waals surface area contributed by atoms with E-state index in [4.69, 9.17) is 0 Å². The molecule has 2 heterocycles. The lowest BCUT2D eigenvalue weighted by Crippen LogP contribution is -2.56. The molecule has 0 radical (unpaired) electrons. The van der Waals surface area contributed by atoms with Gasteiger partial charge in [-0.1, -0.05) is 32.0 Å². The van der Waals surface area contributed by atoms with Crippen LogP contribution in [0.15, 0.2) is 30.3 Å². The highest BCUT2D eigenvalue weighted by Crippen LogP contribution is 2.31. The molecule has 1 spiro atoms. The summed E-state index contributed by atoms with van der Waals surface area (Å²) in [5.74, 6) is -0.0995. The van der Waals surface area contributed by atoms with Gasteiger partial charge in [0.15, 0.2) is 0 Å². The molecular formula is C20H28N4O3. The molecule has 0 aliphatic carbocycles. The molecule has 0 bridgehead atoms. The Hall–Kier alpha value is -2.41. The van der Waals surface area contributed by atoms with Crippen LogP contribution in [0.25, 0.3) is 0 Å². The summed E-state index contributed by atoms with van der Waals surface area (Å²) in [7, 11) is 0. The van der Waals surface area contributed by atoms with Crippen molar-refractivity contribution in [2.75, 3.05) is 25.0 Å². The van der Waals surface area contributed by atoms with E-state index in [9.17, 15) is 14.4 Å². The van der Waals surface area contributed by atoms with Crippen LogP contribution in [0.3, 0.4) is 0 Å². The maximum atomic E-state index is 13.1. The van der Waals surface area contributed by atoms with E-state index in [-0.39, 0.29) is 11.8 Å². The Labute approximate surface area is 160 Å². The number of benzene rings is 1. The predicted octanol–water partition coefficient (Wildman–Crippen LogP) is 2.06. The van der Waals surface area contributed by atoms with Gasteiger partial charge in [-0.25, -0.2) is 9.69 Å². The van der Waals surface area contributed by atoms with Crippen LogP contribution in [0.5, 0.6) is 0 Å². The van der Waals surface area contributed by atoms with Crippen molar-refractivity contribution in [3.05, 3.63) is 30.3 Å². The smallest absolute Gasteiger partial charge is 0.324 e. The lowest BCUT2D eigenvalue weighted by atomic mass is 9.87. The van der Waals surface area contributed by atoms with E-state index in [1.165, 1.54) is 0 Å². The fourth-order valence-electron chi connectivity index (χ4n) is 3.85. The minimum Gasteiger partial charge on any atom is -0.324 e. The van der Waals surface area contributed by atoms with Crippen molar-refractivity contribution in [3.63, 3.8) is 0 Å². The monoisotopic (exact) mass is 372 g/mol.